The highest BCUT2D eigenvalue weighted by Gasteiger charge is 2.18. The highest BCUT2D eigenvalue weighted by atomic mass is 32.1. The smallest absolute Gasteiger partial charge is 0.196 e. The monoisotopic (exact) mass is 274 g/mol. The minimum Gasteiger partial charge on any atom is -0.361 e. The summed E-state index contributed by atoms with van der Waals surface area (Å²) >= 11 is 5.10. The van der Waals surface area contributed by atoms with Gasteiger partial charge < -0.3 is 9.97 Å². The molecule has 3 heterocycles. The van der Waals surface area contributed by atoms with Crippen LogP contribution in [0, 0.1) is 18.6 Å². The van der Waals surface area contributed by atoms with Crippen LogP contribution in [0.3, 0.4) is 0 Å². The maximum Gasteiger partial charge on any atom is 0.196 e. The van der Waals surface area contributed by atoms with E-state index in [0.29, 0.717) is 4.77 Å². The molecule has 0 amide bonds. The van der Waals surface area contributed by atoms with E-state index in [1.54, 1.807) is 0 Å². The van der Waals surface area contributed by atoms with Crippen molar-refractivity contribution in [1.82, 2.24) is 19.9 Å². The minimum absolute atomic E-state index is 0.576. The summed E-state index contributed by atoms with van der Waals surface area (Å²) in [5.41, 5.74) is 6.39. The highest BCUT2D eigenvalue weighted by molar-refractivity contribution is 7.71. The zero-order valence-electron chi connectivity index (χ0n) is 11.3. The lowest BCUT2D eigenvalue weighted by molar-refractivity contribution is 0.238. The minimum atomic E-state index is 0.576. The molecule has 2 aromatic heterocycles. The fourth-order valence-electron chi connectivity index (χ4n) is 2.70. The lowest BCUT2D eigenvalue weighted by Gasteiger charge is -2.28. The first-order valence-corrected chi connectivity index (χ1v) is 6.97. The molecule has 0 spiro atoms. The molecule has 0 radical (unpaired) electrons. The van der Waals surface area contributed by atoms with Crippen LogP contribution in [0.1, 0.15) is 28.2 Å². The van der Waals surface area contributed by atoms with Gasteiger partial charge in [0.2, 0.25) is 0 Å². The Hall–Kier alpha value is -1.46. The Bertz CT molecular complexity index is 656. The van der Waals surface area contributed by atoms with E-state index in [-0.39, 0.29) is 0 Å². The third-order valence-corrected chi connectivity index (χ3v) is 3.91. The number of nitrogens with one attached hydrogen (secondary N) is 2. The van der Waals surface area contributed by atoms with Crippen LogP contribution in [0.4, 0.5) is 0 Å². The van der Waals surface area contributed by atoms with Crippen molar-refractivity contribution in [1.29, 1.82) is 0 Å². The molecule has 0 fully saturated rings. The number of aromatic nitrogens is 3. The van der Waals surface area contributed by atoms with Gasteiger partial charge in [-0.1, -0.05) is 0 Å². The second kappa shape index (κ2) is 4.90. The predicted octanol–water partition coefficient (Wildman–Crippen LogP) is 2.64. The summed E-state index contributed by atoms with van der Waals surface area (Å²) < 4.78 is 0.576. The van der Waals surface area contributed by atoms with E-state index >= 15 is 0 Å². The quantitative estimate of drug-likeness (QED) is 0.828. The van der Waals surface area contributed by atoms with Crippen molar-refractivity contribution in [2.75, 3.05) is 6.54 Å². The fraction of sp³-hybridized carbons (Fsp3) is 0.429. The molecule has 1 aliphatic heterocycles. The van der Waals surface area contributed by atoms with Gasteiger partial charge in [0.1, 0.15) is 0 Å². The maximum atomic E-state index is 5.10. The van der Waals surface area contributed by atoms with Crippen LogP contribution in [0.15, 0.2) is 12.3 Å². The molecule has 4 nitrogen and oxygen atoms in total. The van der Waals surface area contributed by atoms with Gasteiger partial charge in [-0.15, -0.1) is 0 Å². The van der Waals surface area contributed by atoms with Crippen LogP contribution in [0.2, 0.25) is 0 Å². The molecular formula is C14H18N4S. The molecule has 0 saturated carbocycles. The number of aryl methyl sites for hydroxylation is 2. The number of H-pyrrole nitrogens is 2. The second-order valence-electron chi connectivity index (χ2n) is 5.27. The Labute approximate surface area is 117 Å². The number of hydrogen-bond acceptors (Lipinski definition) is 3. The molecule has 0 unspecified atom stereocenters. The first-order valence-electron chi connectivity index (χ1n) is 6.56. The van der Waals surface area contributed by atoms with Crippen LogP contribution in [-0.2, 0) is 19.5 Å². The number of aromatic amines is 2. The van der Waals surface area contributed by atoms with E-state index in [1.165, 1.54) is 28.2 Å². The largest absolute Gasteiger partial charge is 0.361 e. The van der Waals surface area contributed by atoms with Crippen LogP contribution >= 0.6 is 12.2 Å². The zero-order valence-corrected chi connectivity index (χ0v) is 12.1. The molecule has 0 saturated heterocycles. The van der Waals surface area contributed by atoms with Crippen LogP contribution in [0.5, 0.6) is 0 Å². The van der Waals surface area contributed by atoms with Crippen LogP contribution < -0.4 is 0 Å². The lowest BCUT2D eigenvalue weighted by atomic mass is 10.1. The average molecular weight is 274 g/mol. The van der Waals surface area contributed by atoms with E-state index in [1.807, 2.05) is 6.20 Å². The maximum absolute atomic E-state index is 5.10. The third kappa shape index (κ3) is 2.62. The van der Waals surface area contributed by atoms with Gasteiger partial charge in [0.25, 0.3) is 0 Å². The summed E-state index contributed by atoms with van der Waals surface area (Å²) in [7, 11) is 0. The van der Waals surface area contributed by atoms with Crippen LogP contribution in [0.25, 0.3) is 0 Å². The van der Waals surface area contributed by atoms with Crippen molar-refractivity contribution in [3.8, 4) is 0 Å². The summed E-state index contributed by atoms with van der Waals surface area (Å²) in [5.74, 6) is 0. The Kier molecular flexibility index (Phi) is 3.24. The molecule has 1 aliphatic rings. The summed E-state index contributed by atoms with van der Waals surface area (Å²) in [6.07, 6.45) is 2.95. The van der Waals surface area contributed by atoms with Gasteiger partial charge in [0, 0.05) is 42.9 Å². The molecule has 3 rings (SSSR count). The summed E-state index contributed by atoms with van der Waals surface area (Å²) in [4.78, 5) is 13.2. The first-order chi connectivity index (χ1) is 9.11. The molecule has 19 heavy (non-hydrogen) atoms. The lowest BCUT2D eigenvalue weighted by Crippen LogP contribution is -2.31. The van der Waals surface area contributed by atoms with Gasteiger partial charge in [0.05, 0.1) is 0 Å². The van der Waals surface area contributed by atoms with E-state index in [0.717, 1.165) is 26.1 Å². The van der Waals surface area contributed by atoms with Crippen LogP contribution in [-0.4, -0.2) is 26.4 Å². The Morgan fingerprint density at radius 2 is 2.21 bits per heavy atom. The van der Waals surface area contributed by atoms with Gasteiger partial charge >= 0.3 is 0 Å². The Morgan fingerprint density at radius 3 is 2.95 bits per heavy atom. The molecule has 100 valence electrons. The van der Waals surface area contributed by atoms with Crippen molar-refractivity contribution >= 4 is 12.2 Å². The number of fused-ring (bicyclic) bond motifs is 1. The number of nitrogens with zero attached hydrogens (tertiary/aromatic N) is 2. The predicted molar refractivity (Wildman–Crippen MR) is 77.5 cm³/mol. The Morgan fingerprint density at radius 1 is 1.37 bits per heavy atom. The number of rotatable bonds is 2. The summed E-state index contributed by atoms with van der Waals surface area (Å²) in [5, 5.41) is 0. The molecule has 2 aromatic rings. The zero-order chi connectivity index (χ0) is 13.4. The summed E-state index contributed by atoms with van der Waals surface area (Å²) in [6.45, 7) is 7.21. The molecule has 2 N–H and O–H groups in total. The van der Waals surface area contributed by atoms with Crippen molar-refractivity contribution in [3.05, 3.63) is 45.2 Å². The van der Waals surface area contributed by atoms with Crippen molar-refractivity contribution in [3.63, 3.8) is 0 Å². The fourth-order valence-corrected chi connectivity index (χ4v) is 2.88. The normalized spacial score (nSPS) is 15.5. The third-order valence-electron chi connectivity index (χ3n) is 3.70. The standard InChI is InChI=1S/C14H18N4S/c1-9-5-10(2)16-12(9)7-18-4-3-11-6-15-14(19)17-13(11)8-18/h5-6,16H,3-4,7-8H2,1-2H3,(H,15,17,19). The van der Waals surface area contributed by atoms with Crippen molar-refractivity contribution in [2.45, 2.75) is 33.4 Å². The topological polar surface area (TPSA) is 47.7 Å². The van der Waals surface area contributed by atoms with Gasteiger partial charge in [-0.05, 0) is 49.7 Å². The highest BCUT2D eigenvalue weighted by Crippen LogP contribution is 2.19. The SMILES string of the molecule is Cc1cc(C)c(CN2CCc3cnc(=S)[nH]c3C2)[nH]1. The van der Waals surface area contributed by atoms with Gasteiger partial charge in [-0.25, -0.2) is 4.98 Å². The molecule has 0 atom stereocenters. The van der Waals surface area contributed by atoms with Gasteiger partial charge in [-0.2, -0.15) is 0 Å². The molecule has 5 heteroatoms. The van der Waals surface area contributed by atoms with E-state index in [9.17, 15) is 0 Å². The number of hydrogen-bond donors (Lipinski definition) is 2. The molecule has 0 aromatic carbocycles. The van der Waals surface area contributed by atoms with Crippen molar-refractivity contribution in [2.24, 2.45) is 0 Å². The molecule has 0 bridgehead atoms. The van der Waals surface area contributed by atoms with E-state index < -0.39 is 0 Å². The first kappa shape index (κ1) is 12.6. The average Bonchev–Trinajstić information content (AvgIpc) is 2.67. The summed E-state index contributed by atoms with van der Waals surface area (Å²) in [6, 6.07) is 2.20. The molecular weight excluding hydrogens is 256 g/mol. The van der Waals surface area contributed by atoms with E-state index in [2.05, 4.69) is 39.8 Å². The molecule has 0 aliphatic carbocycles. The Balaban J connectivity index is 1.78. The second-order valence-corrected chi connectivity index (χ2v) is 5.65. The van der Waals surface area contributed by atoms with Crippen molar-refractivity contribution < 1.29 is 0 Å². The van der Waals surface area contributed by atoms with E-state index in [4.69, 9.17) is 12.2 Å². The van der Waals surface area contributed by atoms with Gasteiger partial charge in [0.15, 0.2) is 4.77 Å². The van der Waals surface area contributed by atoms with Gasteiger partial charge in [-0.3, -0.25) is 4.90 Å².